The fraction of sp³-hybridized carbons (Fsp3) is 0.207. The van der Waals surface area contributed by atoms with Crippen LogP contribution in [0.25, 0.3) is 45.2 Å². The highest BCUT2D eigenvalue weighted by Gasteiger charge is 2.23. The van der Waals surface area contributed by atoms with Crippen molar-refractivity contribution < 1.29 is 18.6 Å². The molecule has 2 aromatic heterocycles. The van der Waals surface area contributed by atoms with Gasteiger partial charge in [-0.2, -0.15) is 0 Å². The third kappa shape index (κ3) is 4.46. The standard InChI is InChI=1S/C29H27FN4O3/c1-17(2)34-28(19-8-13-22(36-4)14-9-19)32-26-25(20-10-15-24(37-5)23(30)16-20)31-27(33-29(26)34)18-6-11-21(35-3)12-7-18/h6-17H,1-5H3. The van der Waals surface area contributed by atoms with Crippen LogP contribution in [0.2, 0.25) is 0 Å². The molecular weight excluding hydrogens is 471 g/mol. The van der Waals surface area contributed by atoms with Crippen molar-refractivity contribution in [3.8, 4) is 51.3 Å². The van der Waals surface area contributed by atoms with E-state index in [-0.39, 0.29) is 11.8 Å². The van der Waals surface area contributed by atoms with Crippen LogP contribution >= 0.6 is 0 Å². The molecule has 0 aliphatic heterocycles. The number of hydrogen-bond donors (Lipinski definition) is 0. The minimum atomic E-state index is -0.476. The molecule has 0 aliphatic carbocycles. The van der Waals surface area contributed by atoms with E-state index in [0.29, 0.717) is 28.2 Å². The molecule has 0 unspecified atom stereocenters. The van der Waals surface area contributed by atoms with E-state index in [1.54, 1.807) is 26.4 Å². The second-order valence-corrected chi connectivity index (χ2v) is 8.77. The quantitative estimate of drug-likeness (QED) is 0.253. The van der Waals surface area contributed by atoms with Crippen molar-refractivity contribution in [2.45, 2.75) is 19.9 Å². The maximum Gasteiger partial charge on any atom is 0.165 e. The molecule has 0 aliphatic rings. The average molecular weight is 499 g/mol. The van der Waals surface area contributed by atoms with E-state index in [9.17, 15) is 4.39 Å². The lowest BCUT2D eigenvalue weighted by Crippen LogP contribution is -2.05. The molecule has 5 rings (SSSR count). The fourth-order valence-corrected chi connectivity index (χ4v) is 4.29. The Morgan fingerprint density at radius 1 is 0.703 bits per heavy atom. The normalized spacial score (nSPS) is 11.2. The second kappa shape index (κ2) is 9.89. The molecule has 188 valence electrons. The molecule has 5 aromatic rings. The summed E-state index contributed by atoms with van der Waals surface area (Å²) in [6, 6.07) is 20.1. The van der Waals surface area contributed by atoms with Gasteiger partial charge in [-0.25, -0.2) is 19.3 Å². The lowest BCUT2D eigenvalue weighted by Gasteiger charge is -2.14. The molecule has 37 heavy (non-hydrogen) atoms. The van der Waals surface area contributed by atoms with Crippen molar-refractivity contribution in [3.05, 3.63) is 72.5 Å². The molecule has 0 atom stereocenters. The van der Waals surface area contributed by atoms with Crippen LogP contribution in [0.5, 0.6) is 17.2 Å². The number of imidazole rings is 1. The Morgan fingerprint density at radius 2 is 1.30 bits per heavy atom. The predicted octanol–water partition coefficient (Wildman–Crippen LogP) is 6.57. The monoisotopic (exact) mass is 498 g/mol. The largest absolute Gasteiger partial charge is 0.497 e. The van der Waals surface area contributed by atoms with Gasteiger partial charge in [0.25, 0.3) is 0 Å². The minimum absolute atomic E-state index is 0.0428. The molecule has 8 heteroatoms. The third-order valence-corrected chi connectivity index (χ3v) is 6.18. The minimum Gasteiger partial charge on any atom is -0.497 e. The van der Waals surface area contributed by atoms with E-state index in [1.807, 2.05) is 48.5 Å². The predicted molar refractivity (Wildman–Crippen MR) is 142 cm³/mol. The van der Waals surface area contributed by atoms with Gasteiger partial charge >= 0.3 is 0 Å². The summed E-state index contributed by atoms with van der Waals surface area (Å²) in [4.78, 5) is 14.8. The molecule has 7 nitrogen and oxygen atoms in total. The van der Waals surface area contributed by atoms with Crippen molar-refractivity contribution in [1.82, 2.24) is 19.5 Å². The summed E-state index contributed by atoms with van der Waals surface area (Å²) >= 11 is 0. The van der Waals surface area contributed by atoms with Gasteiger partial charge in [-0.1, -0.05) is 0 Å². The highest BCUT2D eigenvalue weighted by Crippen LogP contribution is 2.36. The first kappa shape index (κ1) is 24.2. The van der Waals surface area contributed by atoms with Crippen LogP contribution in [0, 0.1) is 5.82 Å². The number of hydrogen-bond acceptors (Lipinski definition) is 6. The maximum atomic E-state index is 14.8. The summed E-state index contributed by atoms with van der Waals surface area (Å²) in [5, 5.41) is 0. The summed E-state index contributed by atoms with van der Waals surface area (Å²) in [5.41, 5.74) is 4.07. The average Bonchev–Trinajstić information content (AvgIpc) is 3.32. The fourth-order valence-electron chi connectivity index (χ4n) is 4.29. The van der Waals surface area contributed by atoms with Crippen molar-refractivity contribution >= 4 is 11.2 Å². The van der Waals surface area contributed by atoms with Crippen molar-refractivity contribution in [2.75, 3.05) is 21.3 Å². The lowest BCUT2D eigenvalue weighted by molar-refractivity contribution is 0.386. The first-order valence-corrected chi connectivity index (χ1v) is 11.9. The summed E-state index contributed by atoms with van der Waals surface area (Å²) < 4.78 is 32.6. The number of ether oxygens (including phenoxy) is 3. The first-order chi connectivity index (χ1) is 17.9. The van der Waals surface area contributed by atoms with Crippen molar-refractivity contribution in [1.29, 1.82) is 0 Å². The molecule has 0 fully saturated rings. The van der Waals surface area contributed by atoms with Gasteiger partial charge in [0.2, 0.25) is 0 Å². The van der Waals surface area contributed by atoms with Gasteiger partial charge in [-0.05, 0) is 80.6 Å². The third-order valence-electron chi connectivity index (χ3n) is 6.18. The van der Waals surface area contributed by atoms with Crippen LogP contribution in [0.4, 0.5) is 4.39 Å². The molecule has 0 amide bonds. The molecule has 0 spiro atoms. The van der Waals surface area contributed by atoms with E-state index >= 15 is 0 Å². The second-order valence-electron chi connectivity index (χ2n) is 8.77. The van der Waals surface area contributed by atoms with E-state index < -0.39 is 5.82 Å². The van der Waals surface area contributed by atoms with Gasteiger partial charge in [0.15, 0.2) is 23.0 Å². The zero-order chi connectivity index (χ0) is 26.1. The molecule has 0 radical (unpaired) electrons. The Hall–Kier alpha value is -4.46. The van der Waals surface area contributed by atoms with Gasteiger partial charge < -0.3 is 18.8 Å². The van der Waals surface area contributed by atoms with Crippen LogP contribution in [0.3, 0.4) is 0 Å². The number of halogens is 1. The highest BCUT2D eigenvalue weighted by atomic mass is 19.1. The molecule has 0 saturated heterocycles. The van der Waals surface area contributed by atoms with Crippen LogP contribution in [0.15, 0.2) is 66.7 Å². The number of rotatable bonds is 7. The van der Waals surface area contributed by atoms with E-state index in [2.05, 4.69) is 18.4 Å². The first-order valence-electron chi connectivity index (χ1n) is 11.9. The number of benzene rings is 3. The summed E-state index contributed by atoms with van der Waals surface area (Å²) in [5.74, 6) is 2.42. The van der Waals surface area contributed by atoms with E-state index in [4.69, 9.17) is 29.2 Å². The van der Waals surface area contributed by atoms with Gasteiger partial charge in [-0.3, -0.25) is 0 Å². The number of fused-ring (bicyclic) bond motifs is 1. The van der Waals surface area contributed by atoms with Crippen molar-refractivity contribution in [2.24, 2.45) is 0 Å². The van der Waals surface area contributed by atoms with Gasteiger partial charge in [-0.15, -0.1) is 0 Å². The Kier molecular flexibility index (Phi) is 6.48. The molecule has 0 saturated carbocycles. The summed E-state index contributed by atoms with van der Waals surface area (Å²) in [6.07, 6.45) is 0. The lowest BCUT2D eigenvalue weighted by atomic mass is 10.1. The number of methoxy groups -OCH3 is 3. The highest BCUT2D eigenvalue weighted by molar-refractivity contribution is 5.91. The van der Waals surface area contributed by atoms with Gasteiger partial charge in [0.1, 0.15) is 28.5 Å². The Bertz CT molecular complexity index is 1560. The van der Waals surface area contributed by atoms with E-state index in [0.717, 1.165) is 28.5 Å². The molecule has 3 aromatic carbocycles. The van der Waals surface area contributed by atoms with Crippen LogP contribution in [0.1, 0.15) is 19.9 Å². The smallest absolute Gasteiger partial charge is 0.165 e. The zero-order valence-corrected chi connectivity index (χ0v) is 21.3. The SMILES string of the molecule is COc1ccc(-c2nc(-c3ccc(OC)c(F)c3)c3nc(-c4ccc(OC)cc4)n(C(C)C)c3n2)cc1. The topological polar surface area (TPSA) is 71.3 Å². The molecule has 0 N–H and O–H groups in total. The van der Waals surface area contributed by atoms with Crippen LogP contribution in [-0.4, -0.2) is 40.8 Å². The number of nitrogens with zero attached hydrogens (tertiary/aromatic N) is 4. The van der Waals surface area contributed by atoms with Gasteiger partial charge in [0.05, 0.1) is 21.3 Å². The van der Waals surface area contributed by atoms with Gasteiger partial charge in [0, 0.05) is 22.7 Å². The van der Waals surface area contributed by atoms with E-state index in [1.165, 1.54) is 13.2 Å². The maximum absolute atomic E-state index is 14.8. The molecular formula is C29H27FN4O3. The summed E-state index contributed by atoms with van der Waals surface area (Å²) in [6.45, 7) is 4.16. The van der Waals surface area contributed by atoms with Crippen LogP contribution in [-0.2, 0) is 0 Å². The van der Waals surface area contributed by atoms with Crippen molar-refractivity contribution in [3.63, 3.8) is 0 Å². The van der Waals surface area contributed by atoms with Crippen LogP contribution < -0.4 is 14.2 Å². The Labute approximate surface area is 214 Å². The Morgan fingerprint density at radius 3 is 1.84 bits per heavy atom. The molecule has 0 bridgehead atoms. The zero-order valence-electron chi connectivity index (χ0n) is 21.3. The molecule has 2 heterocycles. The number of aromatic nitrogens is 4. The summed E-state index contributed by atoms with van der Waals surface area (Å²) in [7, 11) is 4.69. The Balaban J connectivity index is 1.80.